The maximum atomic E-state index is 11.1. The third kappa shape index (κ3) is 2.08. The molecule has 1 aromatic carbocycles. The van der Waals surface area contributed by atoms with Crippen LogP contribution in [0.25, 0.3) is 11.3 Å². The van der Waals surface area contributed by atoms with Gasteiger partial charge in [0.05, 0.1) is 11.2 Å². The highest BCUT2D eigenvalue weighted by atomic mass is 32.2. The van der Waals surface area contributed by atoms with E-state index in [0.717, 1.165) is 0 Å². The van der Waals surface area contributed by atoms with E-state index in [0.29, 0.717) is 11.3 Å². The van der Waals surface area contributed by atoms with E-state index >= 15 is 0 Å². The minimum absolute atomic E-state index is 0.0800. The summed E-state index contributed by atoms with van der Waals surface area (Å²) in [5.41, 5.74) is 0.687. The number of nitrogens with two attached hydrogens (primary N) is 1. The van der Waals surface area contributed by atoms with Crippen LogP contribution in [0.3, 0.4) is 0 Å². The number of benzene rings is 1. The van der Waals surface area contributed by atoms with Crippen LogP contribution in [0.15, 0.2) is 52.0 Å². The van der Waals surface area contributed by atoms with Crippen LogP contribution in [0.4, 0.5) is 0 Å². The molecule has 4 nitrogen and oxygen atoms in total. The second-order valence-electron chi connectivity index (χ2n) is 3.05. The van der Waals surface area contributed by atoms with Crippen molar-refractivity contribution < 1.29 is 12.8 Å². The summed E-state index contributed by atoms with van der Waals surface area (Å²) in [7, 11) is -3.66. The average Bonchev–Trinajstić information content (AvgIpc) is 2.69. The minimum Gasteiger partial charge on any atom is -0.464 e. The van der Waals surface area contributed by atoms with Crippen LogP contribution >= 0.6 is 0 Å². The van der Waals surface area contributed by atoms with Gasteiger partial charge < -0.3 is 4.42 Å². The van der Waals surface area contributed by atoms with Crippen LogP contribution in [-0.2, 0) is 10.0 Å². The number of hydrogen-bond donors (Lipinski definition) is 1. The predicted octanol–water partition coefficient (Wildman–Crippen LogP) is 1.59. The Bertz CT molecular complexity index is 558. The van der Waals surface area contributed by atoms with Gasteiger partial charge in [0.1, 0.15) is 5.76 Å². The van der Waals surface area contributed by atoms with Crippen LogP contribution in [0.5, 0.6) is 0 Å². The SMILES string of the molecule is NS(=O)(=O)c1cccc(-c2ccco2)c1. The number of sulfonamides is 1. The van der Waals surface area contributed by atoms with Crippen LogP contribution in [0.1, 0.15) is 0 Å². The quantitative estimate of drug-likeness (QED) is 0.840. The zero-order chi connectivity index (χ0) is 10.9. The average molecular weight is 223 g/mol. The Labute approximate surface area is 87.4 Å². The molecule has 0 saturated heterocycles. The first kappa shape index (κ1) is 9.95. The fourth-order valence-electron chi connectivity index (χ4n) is 1.27. The molecule has 0 radical (unpaired) electrons. The molecule has 2 N–H and O–H groups in total. The van der Waals surface area contributed by atoms with Gasteiger partial charge in [0, 0.05) is 5.56 Å². The lowest BCUT2D eigenvalue weighted by Gasteiger charge is -2.00. The van der Waals surface area contributed by atoms with E-state index in [1.165, 1.54) is 18.4 Å². The topological polar surface area (TPSA) is 73.3 Å². The van der Waals surface area contributed by atoms with Crippen molar-refractivity contribution in [2.75, 3.05) is 0 Å². The number of furan rings is 1. The summed E-state index contributed by atoms with van der Waals surface area (Å²) >= 11 is 0. The van der Waals surface area contributed by atoms with Crippen molar-refractivity contribution in [1.82, 2.24) is 0 Å². The molecule has 0 aliphatic rings. The molecule has 0 atom stereocenters. The van der Waals surface area contributed by atoms with Gasteiger partial charge in [-0.15, -0.1) is 0 Å². The van der Waals surface area contributed by atoms with E-state index in [-0.39, 0.29) is 4.90 Å². The lowest BCUT2D eigenvalue weighted by atomic mass is 10.2. The zero-order valence-corrected chi connectivity index (χ0v) is 8.57. The molecule has 2 aromatic rings. The van der Waals surface area contributed by atoms with Crippen LogP contribution < -0.4 is 5.14 Å². The molecule has 78 valence electrons. The maximum Gasteiger partial charge on any atom is 0.238 e. The molecular formula is C10H9NO3S. The fraction of sp³-hybridized carbons (Fsp3) is 0. The summed E-state index contributed by atoms with van der Waals surface area (Å²) in [6.45, 7) is 0. The molecule has 0 fully saturated rings. The van der Waals surface area contributed by atoms with Crippen molar-refractivity contribution in [1.29, 1.82) is 0 Å². The van der Waals surface area contributed by atoms with Crippen molar-refractivity contribution in [3.05, 3.63) is 42.7 Å². The van der Waals surface area contributed by atoms with E-state index in [2.05, 4.69) is 0 Å². The summed E-state index contributed by atoms with van der Waals surface area (Å²) in [4.78, 5) is 0.0800. The Balaban J connectivity index is 2.53. The number of primary sulfonamides is 1. The van der Waals surface area contributed by atoms with Gasteiger partial charge in [-0.3, -0.25) is 0 Å². The van der Waals surface area contributed by atoms with Crippen molar-refractivity contribution >= 4 is 10.0 Å². The molecule has 0 amide bonds. The van der Waals surface area contributed by atoms with E-state index in [1.54, 1.807) is 24.3 Å². The van der Waals surface area contributed by atoms with Gasteiger partial charge >= 0.3 is 0 Å². The monoisotopic (exact) mass is 223 g/mol. The lowest BCUT2D eigenvalue weighted by molar-refractivity contribution is 0.582. The van der Waals surface area contributed by atoms with Gasteiger partial charge in [0.15, 0.2) is 0 Å². The van der Waals surface area contributed by atoms with E-state index < -0.39 is 10.0 Å². The highest BCUT2D eigenvalue weighted by molar-refractivity contribution is 7.89. The van der Waals surface area contributed by atoms with E-state index in [4.69, 9.17) is 9.56 Å². The molecule has 1 heterocycles. The van der Waals surface area contributed by atoms with Crippen LogP contribution in [0, 0.1) is 0 Å². The molecule has 0 saturated carbocycles. The normalized spacial score (nSPS) is 11.5. The van der Waals surface area contributed by atoms with E-state index in [9.17, 15) is 8.42 Å². The van der Waals surface area contributed by atoms with Gasteiger partial charge in [0.25, 0.3) is 0 Å². The van der Waals surface area contributed by atoms with Crippen molar-refractivity contribution in [2.45, 2.75) is 4.90 Å². The standard InChI is InChI=1S/C10H9NO3S/c11-15(12,13)9-4-1-3-8(7-9)10-5-2-6-14-10/h1-7H,(H2,11,12,13). The smallest absolute Gasteiger partial charge is 0.238 e. The Kier molecular flexibility index (Phi) is 2.34. The van der Waals surface area contributed by atoms with Gasteiger partial charge in [-0.25, -0.2) is 13.6 Å². The van der Waals surface area contributed by atoms with Gasteiger partial charge in [0.2, 0.25) is 10.0 Å². The Morgan fingerprint density at radius 2 is 1.93 bits per heavy atom. The molecule has 1 aromatic heterocycles. The second kappa shape index (κ2) is 3.52. The predicted molar refractivity (Wildman–Crippen MR) is 55.5 cm³/mol. The number of hydrogen-bond acceptors (Lipinski definition) is 3. The molecule has 0 aliphatic heterocycles. The lowest BCUT2D eigenvalue weighted by Crippen LogP contribution is -2.11. The molecule has 0 spiro atoms. The van der Waals surface area contributed by atoms with Crippen molar-refractivity contribution in [2.24, 2.45) is 5.14 Å². The Hall–Kier alpha value is -1.59. The molecule has 2 rings (SSSR count). The zero-order valence-electron chi connectivity index (χ0n) is 7.75. The summed E-state index contributed by atoms with van der Waals surface area (Å²) in [6.07, 6.45) is 1.53. The van der Waals surface area contributed by atoms with Crippen molar-refractivity contribution in [3.8, 4) is 11.3 Å². The van der Waals surface area contributed by atoms with E-state index in [1.807, 2.05) is 0 Å². The van der Waals surface area contributed by atoms with Gasteiger partial charge in [-0.1, -0.05) is 12.1 Å². The maximum absolute atomic E-state index is 11.1. The Morgan fingerprint density at radius 1 is 1.13 bits per heavy atom. The Morgan fingerprint density at radius 3 is 2.53 bits per heavy atom. The fourth-order valence-corrected chi connectivity index (χ4v) is 1.83. The third-order valence-corrected chi connectivity index (χ3v) is 2.88. The first-order chi connectivity index (χ1) is 7.07. The molecule has 15 heavy (non-hydrogen) atoms. The molecular weight excluding hydrogens is 214 g/mol. The first-order valence-electron chi connectivity index (χ1n) is 4.24. The molecule has 5 heteroatoms. The number of rotatable bonds is 2. The summed E-state index contributed by atoms with van der Waals surface area (Å²) < 4.78 is 27.4. The second-order valence-corrected chi connectivity index (χ2v) is 4.61. The highest BCUT2D eigenvalue weighted by Gasteiger charge is 2.09. The third-order valence-electron chi connectivity index (χ3n) is 1.97. The van der Waals surface area contributed by atoms with Gasteiger partial charge in [-0.05, 0) is 24.3 Å². The molecule has 0 aliphatic carbocycles. The van der Waals surface area contributed by atoms with Crippen LogP contribution in [-0.4, -0.2) is 8.42 Å². The largest absolute Gasteiger partial charge is 0.464 e. The first-order valence-corrected chi connectivity index (χ1v) is 5.79. The van der Waals surface area contributed by atoms with Crippen LogP contribution in [0.2, 0.25) is 0 Å². The molecule has 0 unspecified atom stereocenters. The van der Waals surface area contributed by atoms with Crippen molar-refractivity contribution in [3.63, 3.8) is 0 Å². The summed E-state index contributed by atoms with van der Waals surface area (Å²) in [5.74, 6) is 0.612. The highest BCUT2D eigenvalue weighted by Crippen LogP contribution is 2.21. The van der Waals surface area contributed by atoms with Gasteiger partial charge in [-0.2, -0.15) is 0 Å². The summed E-state index contributed by atoms with van der Waals surface area (Å²) in [5, 5.41) is 5.02. The summed E-state index contributed by atoms with van der Waals surface area (Å²) in [6, 6.07) is 9.79. The molecule has 0 bridgehead atoms. The minimum atomic E-state index is -3.66.